The normalized spacial score (nSPS) is 23.1. The molecule has 4 heteroatoms. The Morgan fingerprint density at radius 2 is 2.29 bits per heavy atom. The fourth-order valence-corrected chi connectivity index (χ4v) is 1.52. The predicted octanol–water partition coefficient (Wildman–Crippen LogP) is 0.963. The molecule has 0 fully saturated rings. The summed E-state index contributed by atoms with van der Waals surface area (Å²) in [4.78, 5) is 10.6. The number of nitrogens with zero attached hydrogens (tertiary/aromatic N) is 1. The monoisotopic (exact) mass is 191 g/mol. The summed E-state index contributed by atoms with van der Waals surface area (Å²) in [5, 5.41) is 11.9. The molecule has 1 aliphatic rings. The quantitative estimate of drug-likeness (QED) is 0.408. The van der Waals surface area contributed by atoms with E-state index in [4.69, 9.17) is 9.94 Å². The van der Waals surface area contributed by atoms with E-state index in [-0.39, 0.29) is 5.71 Å². The van der Waals surface area contributed by atoms with E-state index in [0.717, 1.165) is 11.1 Å². The Kier molecular flexibility index (Phi) is 2.28. The zero-order valence-electron chi connectivity index (χ0n) is 7.38. The molecule has 1 heterocycles. The molecule has 0 aliphatic carbocycles. The first-order valence-corrected chi connectivity index (χ1v) is 4.24. The van der Waals surface area contributed by atoms with Crippen molar-refractivity contribution in [3.63, 3.8) is 0 Å². The van der Waals surface area contributed by atoms with Crippen LogP contribution in [0.5, 0.6) is 0 Å². The van der Waals surface area contributed by atoms with Crippen LogP contribution >= 0.6 is 0 Å². The molecule has 1 aliphatic heterocycles. The van der Waals surface area contributed by atoms with E-state index < -0.39 is 6.10 Å². The third-order valence-corrected chi connectivity index (χ3v) is 2.21. The van der Waals surface area contributed by atoms with Gasteiger partial charge in [-0.3, -0.25) is 4.79 Å². The number of fused-ring (bicyclic) bond motifs is 1. The number of carbonyl (C=O) groups excluding carboxylic acids is 1. The van der Waals surface area contributed by atoms with Gasteiger partial charge in [-0.05, 0) is 5.56 Å². The number of ether oxygens (including phenoxy) is 1. The van der Waals surface area contributed by atoms with Gasteiger partial charge < -0.3 is 9.94 Å². The Balaban J connectivity index is 2.50. The maximum atomic E-state index is 10.6. The molecule has 4 nitrogen and oxygen atoms in total. The highest BCUT2D eigenvalue weighted by Crippen LogP contribution is 2.19. The van der Waals surface area contributed by atoms with Crippen LogP contribution < -0.4 is 0 Å². The Morgan fingerprint density at radius 3 is 3.00 bits per heavy atom. The van der Waals surface area contributed by atoms with Gasteiger partial charge in [-0.25, -0.2) is 0 Å². The third kappa shape index (κ3) is 1.29. The summed E-state index contributed by atoms with van der Waals surface area (Å²) in [6, 6.07) is 7.39. The van der Waals surface area contributed by atoms with Crippen molar-refractivity contribution >= 4 is 12.0 Å². The molecule has 1 unspecified atom stereocenters. The Morgan fingerprint density at radius 1 is 1.50 bits per heavy atom. The third-order valence-electron chi connectivity index (χ3n) is 2.21. The molecule has 0 aromatic heterocycles. The van der Waals surface area contributed by atoms with Crippen LogP contribution in [0.1, 0.15) is 11.1 Å². The molecule has 0 radical (unpaired) electrons. The SMILES string of the molecule is O=CC1OCc2ccccc2C1=NO. The highest BCUT2D eigenvalue weighted by molar-refractivity contribution is 6.12. The van der Waals surface area contributed by atoms with Crippen molar-refractivity contribution in [2.75, 3.05) is 0 Å². The molecule has 1 atom stereocenters. The van der Waals surface area contributed by atoms with E-state index in [1.807, 2.05) is 24.3 Å². The molecule has 0 amide bonds. The molecular weight excluding hydrogens is 182 g/mol. The number of aldehydes is 1. The second-order valence-electron chi connectivity index (χ2n) is 3.01. The summed E-state index contributed by atoms with van der Waals surface area (Å²) in [7, 11) is 0. The van der Waals surface area contributed by atoms with Crippen molar-refractivity contribution in [3.05, 3.63) is 35.4 Å². The minimum absolute atomic E-state index is 0.279. The lowest BCUT2D eigenvalue weighted by Gasteiger charge is -2.21. The van der Waals surface area contributed by atoms with E-state index in [2.05, 4.69) is 5.16 Å². The maximum absolute atomic E-state index is 10.6. The van der Waals surface area contributed by atoms with Crippen LogP contribution in [0.3, 0.4) is 0 Å². The second kappa shape index (κ2) is 3.59. The van der Waals surface area contributed by atoms with Crippen molar-refractivity contribution in [2.45, 2.75) is 12.7 Å². The topological polar surface area (TPSA) is 58.9 Å². The van der Waals surface area contributed by atoms with Gasteiger partial charge in [0.05, 0.1) is 6.61 Å². The average molecular weight is 191 g/mol. The summed E-state index contributed by atoms with van der Waals surface area (Å²) in [5.41, 5.74) is 1.98. The standard InChI is InChI=1S/C10H9NO3/c12-5-9-10(11-13)8-4-2-1-3-7(8)6-14-9/h1-5,9,13H,6H2. The lowest BCUT2D eigenvalue weighted by Crippen LogP contribution is -2.32. The zero-order chi connectivity index (χ0) is 9.97. The van der Waals surface area contributed by atoms with Gasteiger partial charge in [-0.2, -0.15) is 0 Å². The Bertz CT molecular complexity index is 387. The van der Waals surface area contributed by atoms with Gasteiger partial charge >= 0.3 is 0 Å². The van der Waals surface area contributed by atoms with Gasteiger partial charge in [-0.1, -0.05) is 29.4 Å². The Labute approximate surface area is 80.8 Å². The van der Waals surface area contributed by atoms with Crippen LogP contribution in [0, 0.1) is 0 Å². The highest BCUT2D eigenvalue weighted by atomic mass is 16.5. The summed E-state index contributed by atoms with van der Waals surface area (Å²) >= 11 is 0. The first-order chi connectivity index (χ1) is 6.86. The number of carbonyl (C=O) groups is 1. The van der Waals surface area contributed by atoms with Crippen LogP contribution in [0.4, 0.5) is 0 Å². The highest BCUT2D eigenvalue weighted by Gasteiger charge is 2.25. The number of oxime groups is 1. The van der Waals surface area contributed by atoms with E-state index >= 15 is 0 Å². The molecule has 0 spiro atoms. The fourth-order valence-electron chi connectivity index (χ4n) is 1.52. The van der Waals surface area contributed by atoms with Gasteiger partial charge in [-0.15, -0.1) is 0 Å². The summed E-state index contributed by atoms with van der Waals surface area (Å²) in [6.07, 6.45) is -0.125. The lowest BCUT2D eigenvalue weighted by atomic mass is 9.98. The van der Waals surface area contributed by atoms with Crippen LogP contribution in [-0.2, 0) is 16.1 Å². The fraction of sp³-hybridized carbons (Fsp3) is 0.200. The second-order valence-corrected chi connectivity index (χ2v) is 3.01. The smallest absolute Gasteiger partial charge is 0.159 e. The van der Waals surface area contributed by atoms with Crippen LogP contribution in [0.25, 0.3) is 0 Å². The number of rotatable bonds is 1. The summed E-state index contributed by atoms with van der Waals surface area (Å²) in [5.74, 6) is 0. The predicted molar refractivity (Wildman–Crippen MR) is 49.4 cm³/mol. The molecule has 14 heavy (non-hydrogen) atoms. The maximum Gasteiger partial charge on any atom is 0.159 e. The zero-order valence-corrected chi connectivity index (χ0v) is 7.38. The van der Waals surface area contributed by atoms with E-state index in [0.29, 0.717) is 12.9 Å². The van der Waals surface area contributed by atoms with Crippen molar-refractivity contribution in [1.29, 1.82) is 0 Å². The minimum Gasteiger partial charge on any atom is -0.411 e. The van der Waals surface area contributed by atoms with E-state index in [1.54, 1.807) is 0 Å². The largest absolute Gasteiger partial charge is 0.411 e. The van der Waals surface area contributed by atoms with Crippen molar-refractivity contribution in [3.8, 4) is 0 Å². The molecule has 1 N–H and O–H groups in total. The first kappa shape index (κ1) is 8.90. The van der Waals surface area contributed by atoms with Crippen molar-refractivity contribution < 1.29 is 14.7 Å². The minimum atomic E-state index is -0.755. The van der Waals surface area contributed by atoms with E-state index in [9.17, 15) is 4.79 Å². The summed E-state index contributed by atoms with van der Waals surface area (Å²) < 4.78 is 5.20. The molecule has 0 bridgehead atoms. The van der Waals surface area contributed by atoms with Crippen LogP contribution in [-0.4, -0.2) is 23.3 Å². The van der Waals surface area contributed by atoms with Gasteiger partial charge in [0.1, 0.15) is 5.71 Å². The average Bonchev–Trinajstić information content (AvgIpc) is 2.27. The Hall–Kier alpha value is -1.68. The molecular formula is C10H9NO3. The number of hydrogen-bond donors (Lipinski definition) is 1. The van der Waals surface area contributed by atoms with Gasteiger partial charge in [0.15, 0.2) is 12.4 Å². The van der Waals surface area contributed by atoms with Crippen LogP contribution in [0.15, 0.2) is 29.4 Å². The van der Waals surface area contributed by atoms with Gasteiger partial charge in [0.25, 0.3) is 0 Å². The number of hydrogen-bond acceptors (Lipinski definition) is 4. The first-order valence-electron chi connectivity index (χ1n) is 4.24. The molecule has 0 saturated carbocycles. The molecule has 1 aromatic rings. The van der Waals surface area contributed by atoms with Crippen molar-refractivity contribution in [1.82, 2.24) is 0 Å². The summed E-state index contributed by atoms with van der Waals surface area (Å²) in [6.45, 7) is 0.374. The molecule has 1 aromatic carbocycles. The van der Waals surface area contributed by atoms with Gasteiger partial charge in [0, 0.05) is 5.56 Å². The van der Waals surface area contributed by atoms with Crippen molar-refractivity contribution in [2.24, 2.45) is 5.16 Å². The molecule has 0 saturated heterocycles. The molecule has 2 rings (SSSR count). The number of benzene rings is 1. The lowest BCUT2D eigenvalue weighted by molar-refractivity contribution is -0.115. The van der Waals surface area contributed by atoms with Crippen LogP contribution in [0.2, 0.25) is 0 Å². The van der Waals surface area contributed by atoms with E-state index in [1.165, 1.54) is 0 Å². The molecule has 72 valence electrons. The van der Waals surface area contributed by atoms with Gasteiger partial charge in [0.2, 0.25) is 0 Å².